The van der Waals surface area contributed by atoms with E-state index in [4.69, 9.17) is 14.2 Å². The molecule has 0 spiro atoms. The molecule has 0 aliphatic carbocycles. The topological polar surface area (TPSA) is 77.1 Å². The summed E-state index contributed by atoms with van der Waals surface area (Å²) in [7, 11) is 4.52. The maximum atomic E-state index is 13.6. The highest BCUT2D eigenvalue weighted by Gasteiger charge is 2.28. The van der Waals surface area contributed by atoms with E-state index in [-0.39, 0.29) is 11.8 Å². The lowest BCUT2D eigenvalue weighted by atomic mass is 10.0. The summed E-state index contributed by atoms with van der Waals surface area (Å²) in [4.78, 5) is 29.8. The molecule has 1 saturated heterocycles. The van der Waals surface area contributed by atoms with Crippen LogP contribution in [0.1, 0.15) is 45.5 Å². The second-order valence-corrected chi connectivity index (χ2v) is 9.37. The third kappa shape index (κ3) is 4.98. The van der Waals surface area contributed by atoms with Crippen molar-refractivity contribution in [2.75, 3.05) is 39.7 Å². The summed E-state index contributed by atoms with van der Waals surface area (Å²) < 4.78 is 16.2. The molecule has 0 saturated carbocycles. The minimum absolute atomic E-state index is 0.0409. The van der Waals surface area contributed by atoms with E-state index in [1.165, 1.54) is 32.7 Å². The lowest BCUT2D eigenvalue weighted by Crippen LogP contribution is -2.36. The van der Waals surface area contributed by atoms with Gasteiger partial charge in [-0.2, -0.15) is 0 Å². The Hall–Kier alpha value is -3.52. The van der Waals surface area contributed by atoms with E-state index in [9.17, 15) is 9.59 Å². The van der Waals surface area contributed by atoms with Crippen molar-refractivity contribution in [3.05, 3.63) is 59.2 Å². The van der Waals surface area contributed by atoms with E-state index in [1.807, 2.05) is 42.2 Å². The largest absolute Gasteiger partial charge is 0.493 e. The Morgan fingerprint density at radius 2 is 1.54 bits per heavy atom. The van der Waals surface area contributed by atoms with E-state index in [1.54, 1.807) is 12.1 Å². The Morgan fingerprint density at radius 1 is 0.914 bits per heavy atom. The van der Waals surface area contributed by atoms with Crippen LogP contribution in [0.15, 0.2) is 42.5 Å². The van der Waals surface area contributed by atoms with Crippen LogP contribution in [0.2, 0.25) is 0 Å². The molecule has 8 heteroatoms. The number of thiophene rings is 1. The number of hydrogen-bond donors (Lipinski definition) is 1. The number of likely N-dealkylation sites (tertiary alicyclic amines) is 1. The average molecular weight is 495 g/mol. The first-order valence-electron chi connectivity index (χ1n) is 11.6. The van der Waals surface area contributed by atoms with Gasteiger partial charge in [0.2, 0.25) is 5.75 Å². The van der Waals surface area contributed by atoms with Crippen molar-refractivity contribution in [3.63, 3.8) is 0 Å². The van der Waals surface area contributed by atoms with Crippen LogP contribution in [-0.2, 0) is 0 Å². The van der Waals surface area contributed by atoms with E-state index in [0.717, 1.165) is 48.4 Å². The second-order valence-electron chi connectivity index (χ2n) is 8.35. The summed E-state index contributed by atoms with van der Waals surface area (Å²) in [5.74, 6) is 0.771. The monoisotopic (exact) mass is 494 g/mol. The van der Waals surface area contributed by atoms with Gasteiger partial charge in [-0.15, -0.1) is 11.3 Å². The van der Waals surface area contributed by atoms with E-state index in [2.05, 4.69) is 5.32 Å². The molecule has 0 unspecified atom stereocenters. The number of benzene rings is 2. The fourth-order valence-electron chi connectivity index (χ4n) is 4.37. The molecule has 1 fully saturated rings. The highest BCUT2D eigenvalue weighted by atomic mass is 32.1. The summed E-state index contributed by atoms with van der Waals surface area (Å²) in [5.41, 5.74) is 2.77. The fourth-order valence-corrected chi connectivity index (χ4v) is 5.57. The summed E-state index contributed by atoms with van der Waals surface area (Å²) in [5, 5.41) is 3.54. The molecular weight excluding hydrogens is 464 g/mol. The van der Waals surface area contributed by atoms with Gasteiger partial charge in [0.15, 0.2) is 11.5 Å². The molecule has 0 radical (unpaired) electrons. The summed E-state index contributed by atoms with van der Waals surface area (Å²) in [6, 6.07) is 13.1. The maximum absolute atomic E-state index is 13.6. The number of methoxy groups -OCH3 is 3. The number of nitrogens with one attached hydrogen (secondary N) is 1. The van der Waals surface area contributed by atoms with Crippen LogP contribution in [0, 0.1) is 6.92 Å². The molecule has 0 atom stereocenters. The van der Waals surface area contributed by atoms with Gasteiger partial charge in [-0.25, -0.2) is 0 Å². The smallest absolute Gasteiger partial charge is 0.257 e. The minimum atomic E-state index is -0.363. The Labute approximate surface area is 209 Å². The number of amides is 2. The van der Waals surface area contributed by atoms with Crippen LogP contribution in [0.5, 0.6) is 17.2 Å². The van der Waals surface area contributed by atoms with E-state index >= 15 is 0 Å². The Kier molecular flexibility index (Phi) is 7.60. The quantitative estimate of drug-likeness (QED) is 0.461. The lowest BCUT2D eigenvalue weighted by molar-refractivity contribution is 0.0725. The maximum Gasteiger partial charge on any atom is 0.257 e. The molecule has 3 aromatic rings. The van der Waals surface area contributed by atoms with Gasteiger partial charge in [-0.05, 0) is 49.4 Å². The molecule has 2 heterocycles. The van der Waals surface area contributed by atoms with Gasteiger partial charge < -0.3 is 24.4 Å². The first-order valence-corrected chi connectivity index (χ1v) is 12.4. The number of hydrogen-bond acceptors (Lipinski definition) is 6. The van der Waals surface area contributed by atoms with Crippen molar-refractivity contribution in [2.45, 2.75) is 26.2 Å². The van der Waals surface area contributed by atoms with Crippen LogP contribution in [0.25, 0.3) is 10.4 Å². The number of carbonyl (C=O) groups excluding carboxylic acids is 2. The molecule has 1 aliphatic rings. The highest BCUT2D eigenvalue weighted by molar-refractivity contribution is 7.20. The minimum Gasteiger partial charge on any atom is -0.493 e. The van der Waals surface area contributed by atoms with Crippen molar-refractivity contribution in [3.8, 4) is 27.7 Å². The first-order chi connectivity index (χ1) is 17.0. The Balaban J connectivity index is 1.74. The number of carbonyl (C=O) groups is 2. The zero-order valence-corrected chi connectivity index (χ0v) is 21.3. The van der Waals surface area contributed by atoms with Crippen molar-refractivity contribution < 1.29 is 23.8 Å². The van der Waals surface area contributed by atoms with Gasteiger partial charge >= 0.3 is 0 Å². The Morgan fingerprint density at radius 3 is 2.11 bits per heavy atom. The first kappa shape index (κ1) is 24.6. The molecule has 1 N–H and O–H groups in total. The predicted molar refractivity (Wildman–Crippen MR) is 138 cm³/mol. The Bertz CT molecular complexity index is 1190. The summed E-state index contributed by atoms with van der Waals surface area (Å²) in [6.45, 7) is 3.41. The molecule has 2 aromatic carbocycles. The van der Waals surface area contributed by atoms with Gasteiger partial charge in [-0.1, -0.05) is 30.3 Å². The summed E-state index contributed by atoms with van der Waals surface area (Å²) >= 11 is 1.42. The third-order valence-electron chi connectivity index (χ3n) is 6.19. The number of piperidine rings is 1. The van der Waals surface area contributed by atoms with E-state index < -0.39 is 0 Å². The lowest BCUT2D eigenvalue weighted by Gasteiger charge is -2.27. The van der Waals surface area contributed by atoms with Crippen molar-refractivity contribution in [2.24, 2.45) is 0 Å². The van der Waals surface area contributed by atoms with Gasteiger partial charge in [0.25, 0.3) is 11.8 Å². The van der Waals surface area contributed by atoms with Gasteiger partial charge in [-0.3, -0.25) is 9.59 Å². The zero-order valence-electron chi connectivity index (χ0n) is 20.5. The molecule has 7 nitrogen and oxygen atoms in total. The van der Waals surface area contributed by atoms with E-state index in [0.29, 0.717) is 33.4 Å². The fraction of sp³-hybridized carbons (Fsp3) is 0.333. The highest BCUT2D eigenvalue weighted by Crippen LogP contribution is 2.42. The SMILES string of the molecule is COc1cc(C(=O)Nc2sc(-c3ccccc3)c(C)c2C(=O)N2CCCCC2)cc(OC)c1OC. The van der Waals surface area contributed by atoms with Crippen LogP contribution in [0.4, 0.5) is 5.00 Å². The van der Waals surface area contributed by atoms with Crippen molar-refractivity contribution >= 4 is 28.2 Å². The molecule has 4 rings (SSSR count). The number of anilines is 1. The third-order valence-corrected chi connectivity index (χ3v) is 7.45. The number of ether oxygens (including phenoxy) is 3. The molecular formula is C27H30N2O5S. The van der Waals surface area contributed by atoms with Gasteiger partial charge in [0.1, 0.15) is 5.00 Å². The standard InChI is InChI=1S/C27H30N2O5S/c1-17-22(27(31)29-13-9-6-10-14-29)26(35-24(17)18-11-7-5-8-12-18)28-25(30)19-15-20(32-2)23(34-4)21(16-19)33-3/h5,7-8,11-12,15-16H,6,9-10,13-14H2,1-4H3,(H,28,30). The van der Waals surface area contributed by atoms with Gasteiger partial charge in [0.05, 0.1) is 26.9 Å². The molecule has 1 aromatic heterocycles. The number of rotatable bonds is 7. The average Bonchev–Trinajstić information content (AvgIpc) is 3.23. The second kappa shape index (κ2) is 10.8. The molecule has 184 valence electrons. The predicted octanol–water partition coefficient (Wildman–Crippen LogP) is 5.63. The van der Waals surface area contributed by atoms with Crippen molar-refractivity contribution in [1.29, 1.82) is 0 Å². The van der Waals surface area contributed by atoms with Gasteiger partial charge in [0, 0.05) is 23.5 Å². The van der Waals surface area contributed by atoms with Crippen LogP contribution in [-0.4, -0.2) is 51.1 Å². The van der Waals surface area contributed by atoms with Crippen LogP contribution in [0.3, 0.4) is 0 Å². The molecule has 2 amide bonds. The van der Waals surface area contributed by atoms with Crippen molar-refractivity contribution in [1.82, 2.24) is 4.90 Å². The normalized spacial score (nSPS) is 13.3. The number of nitrogens with zero attached hydrogens (tertiary/aromatic N) is 1. The van der Waals surface area contributed by atoms with Crippen LogP contribution >= 0.6 is 11.3 Å². The molecule has 35 heavy (non-hydrogen) atoms. The van der Waals surface area contributed by atoms with Crippen LogP contribution < -0.4 is 19.5 Å². The molecule has 1 aliphatic heterocycles. The zero-order chi connectivity index (χ0) is 24.9. The molecule has 0 bridgehead atoms. The summed E-state index contributed by atoms with van der Waals surface area (Å²) in [6.07, 6.45) is 3.12.